The van der Waals surface area contributed by atoms with Crippen molar-refractivity contribution in [3.05, 3.63) is 75.2 Å². The first-order chi connectivity index (χ1) is 15.8. The van der Waals surface area contributed by atoms with Crippen LogP contribution >= 0.6 is 11.3 Å². The Morgan fingerprint density at radius 1 is 1.18 bits per heavy atom. The molecule has 3 heterocycles. The summed E-state index contributed by atoms with van der Waals surface area (Å²) in [4.78, 5) is 23.4. The topological polar surface area (TPSA) is 85.8 Å². The predicted molar refractivity (Wildman–Crippen MR) is 122 cm³/mol. The van der Waals surface area contributed by atoms with Gasteiger partial charge < -0.3 is 5.11 Å². The number of aromatic nitrogens is 5. The van der Waals surface area contributed by atoms with Crippen molar-refractivity contribution in [1.29, 1.82) is 0 Å². The van der Waals surface area contributed by atoms with Crippen LogP contribution in [0.2, 0.25) is 0 Å². The molecule has 0 radical (unpaired) electrons. The highest BCUT2D eigenvalue weighted by Gasteiger charge is 2.35. The molecule has 0 fully saturated rings. The van der Waals surface area contributed by atoms with E-state index in [0.717, 1.165) is 42.2 Å². The largest absolute Gasteiger partial charge is 0.381 e. The minimum Gasteiger partial charge on any atom is -0.381 e. The molecule has 0 amide bonds. The van der Waals surface area contributed by atoms with Gasteiger partial charge in [0.25, 0.3) is 5.56 Å². The van der Waals surface area contributed by atoms with Crippen LogP contribution in [-0.2, 0) is 25.1 Å². The Bertz CT molecular complexity index is 1320. The first-order valence-corrected chi connectivity index (χ1v) is 11.6. The Hall–Kier alpha value is -2.98. The van der Waals surface area contributed by atoms with Crippen LogP contribution in [0.5, 0.6) is 0 Å². The third kappa shape index (κ3) is 4.72. The molecule has 0 aliphatic carbocycles. The fourth-order valence-electron chi connectivity index (χ4n) is 4.04. The molecule has 3 aromatic heterocycles. The molecular formula is C23H25F2N5O2S. The van der Waals surface area contributed by atoms with Gasteiger partial charge in [0, 0.05) is 16.5 Å². The van der Waals surface area contributed by atoms with E-state index in [9.17, 15) is 18.7 Å². The van der Waals surface area contributed by atoms with Gasteiger partial charge in [0.15, 0.2) is 0 Å². The van der Waals surface area contributed by atoms with Gasteiger partial charge in [-0.25, -0.2) is 23.4 Å². The molecule has 1 N–H and O–H groups in total. The van der Waals surface area contributed by atoms with Gasteiger partial charge in [-0.3, -0.25) is 9.36 Å². The monoisotopic (exact) mass is 473 g/mol. The number of benzene rings is 1. The molecule has 1 aromatic carbocycles. The van der Waals surface area contributed by atoms with E-state index in [1.165, 1.54) is 45.6 Å². The number of aryl methyl sites for hydroxylation is 2. The summed E-state index contributed by atoms with van der Waals surface area (Å²) in [6, 6.07) is 2.96. The van der Waals surface area contributed by atoms with E-state index < -0.39 is 17.2 Å². The molecule has 33 heavy (non-hydrogen) atoms. The number of hydrogen-bond acceptors (Lipinski definition) is 6. The predicted octanol–water partition coefficient (Wildman–Crippen LogP) is 3.96. The van der Waals surface area contributed by atoms with E-state index >= 15 is 0 Å². The van der Waals surface area contributed by atoms with E-state index in [4.69, 9.17) is 0 Å². The summed E-state index contributed by atoms with van der Waals surface area (Å²) in [5, 5.41) is 16.1. The van der Waals surface area contributed by atoms with Gasteiger partial charge in [0.1, 0.15) is 34.7 Å². The molecule has 7 nitrogen and oxygen atoms in total. The summed E-state index contributed by atoms with van der Waals surface area (Å²) in [5.41, 5.74) is -1.46. The number of aliphatic hydroxyl groups is 1. The smallest absolute Gasteiger partial charge is 0.262 e. The van der Waals surface area contributed by atoms with Crippen molar-refractivity contribution in [1.82, 2.24) is 24.3 Å². The quantitative estimate of drug-likeness (QED) is 0.372. The zero-order chi connectivity index (χ0) is 23.6. The van der Waals surface area contributed by atoms with Crippen molar-refractivity contribution in [2.24, 2.45) is 0 Å². The Kier molecular flexibility index (Phi) is 6.66. The zero-order valence-electron chi connectivity index (χ0n) is 18.5. The van der Waals surface area contributed by atoms with Crippen LogP contribution in [-0.4, -0.2) is 29.4 Å². The third-order valence-corrected chi connectivity index (χ3v) is 7.04. The van der Waals surface area contributed by atoms with Crippen molar-refractivity contribution in [3.63, 3.8) is 0 Å². The highest BCUT2D eigenvalue weighted by Crippen LogP contribution is 2.30. The lowest BCUT2D eigenvalue weighted by atomic mass is 9.92. The molecule has 0 saturated carbocycles. The van der Waals surface area contributed by atoms with Crippen LogP contribution in [0.3, 0.4) is 0 Å². The molecule has 4 rings (SSSR count). The first kappa shape index (κ1) is 23.2. The lowest BCUT2D eigenvalue weighted by molar-refractivity contribution is -0.00641. The maximum absolute atomic E-state index is 14.7. The van der Waals surface area contributed by atoms with Crippen LogP contribution < -0.4 is 5.56 Å². The van der Waals surface area contributed by atoms with Gasteiger partial charge in [-0.15, -0.1) is 11.3 Å². The summed E-state index contributed by atoms with van der Waals surface area (Å²) in [7, 11) is 0. The first-order valence-electron chi connectivity index (χ1n) is 10.8. The van der Waals surface area contributed by atoms with Crippen molar-refractivity contribution < 1.29 is 13.9 Å². The second-order valence-corrected chi connectivity index (χ2v) is 9.30. The normalized spacial score (nSPS) is 13.5. The molecule has 1 atom stereocenters. The molecule has 0 aliphatic rings. The maximum Gasteiger partial charge on any atom is 0.262 e. The van der Waals surface area contributed by atoms with Gasteiger partial charge in [0.05, 0.1) is 24.8 Å². The van der Waals surface area contributed by atoms with Gasteiger partial charge >= 0.3 is 0 Å². The van der Waals surface area contributed by atoms with Gasteiger partial charge in [-0.1, -0.05) is 25.8 Å². The Morgan fingerprint density at radius 3 is 2.70 bits per heavy atom. The zero-order valence-corrected chi connectivity index (χ0v) is 19.3. The number of thiophene rings is 1. The molecule has 0 saturated heterocycles. The highest BCUT2D eigenvalue weighted by molar-refractivity contribution is 7.18. The number of rotatable bonds is 9. The molecule has 1 unspecified atom stereocenters. The second kappa shape index (κ2) is 9.48. The van der Waals surface area contributed by atoms with Crippen LogP contribution in [0.15, 0.2) is 42.0 Å². The van der Waals surface area contributed by atoms with Crippen molar-refractivity contribution in [2.45, 2.75) is 58.2 Å². The van der Waals surface area contributed by atoms with Crippen molar-refractivity contribution >= 4 is 21.6 Å². The Morgan fingerprint density at radius 2 is 2.00 bits per heavy atom. The minimum absolute atomic E-state index is 0.145. The molecule has 0 bridgehead atoms. The maximum atomic E-state index is 14.7. The lowest BCUT2D eigenvalue weighted by Crippen LogP contribution is -2.40. The highest BCUT2D eigenvalue weighted by atomic mass is 32.1. The number of fused-ring (bicyclic) bond motifs is 1. The lowest BCUT2D eigenvalue weighted by Gasteiger charge is -2.29. The minimum atomic E-state index is -1.90. The van der Waals surface area contributed by atoms with Gasteiger partial charge in [-0.05, 0) is 31.4 Å². The summed E-state index contributed by atoms with van der Waals surface area (Å²) >= 11 is 1.51. The molecule has 0 aliphatic heterocycles. The molecule has 174 valence electrons. The van der Waals surface area contributed by atoms with E-state index in [-0.39, 0.29) is 24.2 Å². The fourth-order valence-corrected chi connectivity index (χ4v) is 5.22. The molecule has 4 aromatic rings. The Labute approximate surface area is 193 Å². The van der Waals surface area contributed by atoms with Gasteiger partial charge in [-0.2, -0.15) is 5.10 Å². The molecular weight excluding hydrogens is 448 g/mol. The van der Waals surface area contributed by atoms with Crippen LogP contribution in [0.4, 0.5) is 8.78 Å². The average molecular weight is 474 g/mol. The number of halogens is 2. The SMILES string of the molecule is CCCCCc1sc2ncn(CC(O)(Cn3cncn3)c3ccc(F)cc3F)c(=O)c2c1C. The number of unbranched alkanes of at least 4 members (excludes halogenated alkanes) is 2. The summed E-state index contributed by atoms with van der Waals surface area (Å²) in [6.45, 7) is 3.57. The van der Waals surface area contributed by atoms with Crippen LogP contribution in [0, 0.1) is 18.6 Å². The van der Waals surface area contributed by atoms with E-state index in [0.29, 0.717) is 16.3 Å². The Balaban J connectivity index is 1.75. The molecule has 0 spiro atoms. The van der Waals surface area contributed by atoms with Gasteiger partial charge in [0.2, 0.25) is 0 Å². The number of nitrogens with zero attached hydrogens (tertiary/aromatic N) is 5. The van der Waals surface area contributed by atoms with E-state index in [1.807, 2.05) is 6.92 Å². The van der Waals surface area contributed by atoms with Crippen molar-refractivity contribution in [2.75, 3.05) is 0 Å². The van der Waals surface area contributed by atoms with Crippen LogP contribution in [0.1, 0.15) is 42.2 Å². The fraction of sp³-hybridized carbons (Fsp3) is 0.391. The van der Waals surface area contributed by atoms with Crippen LogP contribution in [0.25, 0.3) is 10.2 Å². The van der Waals surface area contributed by atoms with E-state index in [2.05, 4.69) is 22.0 Å². The number of hydrogen-bond donors (Lipinski definition) is 1. The molecule has 10 heteroatoms. The van der Waals surface area contributed by atoms with Crippen molar-refractivity contribution in [3.8, 4) is 0 Å². The summed E-state index contributed by atoms with van der Waals surface area (Å²) in [5.74, 6) is -1.67. The third-order valence-electron chi connectivity index (χ3n) is 5.78. The second-order valence-electron chi connectivity index (χ2n) is 8.21. The standard InChI is InChI=1S/C23H25F2N5O2S/c1-3-4-5-6-19-15(2)20-21(33-19)27-14-29(22(20)31)10-23(32,11-30-13-26-12-28-30)17-8-7-16(24)9-18(17)25/h7-9,12-14,32H,3-6,10-11H2,1-2H3. The summed E-state index contributed by atoms with van der Waals surface area (Å²) in [6.07, 6.45) is 8.18. The average Bonchev–Trinajstić information content (AvgIpc) is 3.38. The van der Waals surface area contributed by atoms with E-state index in [1.54, 1.807) is 0 Å². The summed E-state index contributed by atoms with van der Waals surface area (Å²) < 4.78 is 30.8.